The average Bonchev–Trinajstić information content (AvgIpc) is 2.80. The largest absolute Gasteiger partial charge is 0.410 e. The number of ether oxygens (including phenoxy) is 1. The van der Waals surface area contributed by atoms with E-state index in [1.165, 1.54) is 12.1 Å². The van der Waals surface area contributed by atoms with Gasteiger partial charge in [-0.05, 0) is 30.3 Å². The van der Waals surface area contributed by atoms with E-state index in [2.05, 4.69) is 4.98 Å². The van der Waals surface area contributed by atoms with Crippen molar-refractivity contribution in [3.63, 3.8) is 0 Å². The van der Waals surface area contributed by atoms with Gasteiger partial charge >= 0.3 is 6.09 Å². The Bertz CT molecular complexity index is 1460. The topological polar surface area (TPSA) is 129 Å². The normalized spacial score (nSPS) is 11.9. The quantitative estimate of drug-likeness (QED) is 0.363. The first-order valence-electron chi connectivity index (χ1n) is 10.3. The summed E-state index contributed by atoms with van der Waals surface area (Å²) in [6.45, 7) is -0.443. The molecule has 1 heterocycles. The minimum Gasteiger partial charge on any atom is -0.410 e. The number of hydrogen-bond acceptors (Lipinski definition) is 5. The maximum Gasteiger partial charge on any atom is 0.409 e. The number of halogens is 3. The molecule has 4 aromatic rings. The molecule has 35 heavy (non-hydrogen) atoms. The molecular formula is C25H18ClF2N3O4. The van der Waals surface area contributed by atoms with Crippen molar-refractivity contribution >= 4 is 34.4 Å². The molecule has 0 saturated heterocycles. The molecule has 7 nitrogen and oxygen atoms in total. The summed E-state index contributed by atoms with van der Waals surface area (Å²) >= 11 is 6.27. The number of nitrogens with zero attached hydrogens (tertiary/aromatic N) is 1. The van der Waals surface area contributed by atoms with Gasteiger partial charge in [0.05, 0.1) is 18.0 Å². The van der Waals surface area contributed by atoms with Gasteiger partial charge in [-0.25, -0.2) is 13.6 Å². The summed E-state index contributed by atoms with van der Waals surface area (Å²) in [5, 5.41) is 10.9. The number of hydrogen-bond donors (Lipinski definition) is 3. The van der Waals surface area contributed by atoms with E-state index in [9.17, 15) is 23.5 Å². The highest BCUT2D eigenvalue weighted by atomic mass is 35.5. The number of nitrogens with two attached hydrogens (primary N) is 2. The van der Waals surface area contributed by atoms with Gasteiger partial charge in [0.1, 0.15) is 23.3 Å². The smallest absolute Gasteiger partial charge is 0.409 e. The third-order valence-electron chi connectivity index (χ3n) is 5.47. The van der Waals surface area contributed by atoms with Crippen molar-refractivity contribution in [3.05, 3.63) is 94.1 Å². The standard InChI is InChI=1S/C25H18ClF2N3O4/c26-16-6-1-4-13(15(16)11-32)23-12-5-2-9-20(35-25(30)34)14(12)10-19(31-23)22(24(29)33)21-17(27)7-3-8-18(21)28/h1-10,22,32H,11H2,(H2,29,33)(H2,30,34). The van der Waals surface area contributed by atoms with Crippen molar-refractivity contribution in [1.29, 1.82) is 0 Å². The van der Waals surface area contributed by atoms with Gasteiger partial charge in [-0.15, -0.1) is 0 Å². The summed E-state index contributed by atoms with van der Waals surface area (Å²) in [6, 6.07) is 14.0. The first-order valence-corrected chi connectivity index (χ1v) is 10.6. The van der Waals surface area contributed by atoms with Crippen LogP contribution in [-0.2, 0) is 11.4 Å². The Labute approximate surface area is 202 Å². The highest BCUT2D eigenvalue weighted by molar-refractivity contribution is 6.31. The summed E-state index contributed by atoms with van der Waals surface area (Å²) in [5.41, 5.74) is 11.0. The zero-order valence-electron chi connectivity index (χ0n) is 18.0. The Hall–Kier alpha value is -4.08. The van der Waals surface area contributed by atoms with E-state index in [0.29, 0.717) is 16.5 Å². The molecule has 1 aromatic heterocycles. The van der Waals surface area contributed by atoms with Gasteiger partial charge in [-0.1, -0.05) is 41.9 Å². The molecule has 0 aliphatic carbocycles. The van der Waals surface area contributed by atoms with E-state index in [1.807, 2.05) is 0 Å². The molecule has 178 valence electrons. The lowest BCUT2D eigenvalue weighted by Crippen LogP contribution is -2.25. The van der Waals surface area contributed by atoms with Crippen LogP contribution in [0.5, 0.6) is 5.75 Å². The predicted molar refractivity (Wildman–Crippen MR) is 126 cm³/mol. The first kappa shape index (κ1) is 24.1. The van der Waals surface area contributed by atoms with Crippen LogP contribution in [0.15, 0.2) is 60.7 Å². The van der Waals surface area contributed by atoms with Crippen LogP contribution < -0.4 is 16.2 Å². The van der Waals surface area contributed by atoms with E-state index in [-0.39, 0.29) is 27.5 Å². The van der Waals surface area contributed by atoms with Gasteiger partial charge < -0.3 is 21.3 Å². The highest BCUT2D eigenvalue weighted by Crippen LogP contribution is 2.39. The maximum absolute atomic E-state index is 14.7. The predicted octanol–water partition coefficient (Wildman–Crippen LogP) is 4.40. The molecular weight excluding hydrogens is 480 g/mol. The molecule has 0 radical (unpaired) electrons. The first-order chi connectivity index (χ1) is 16.7. The van der Waals surface area contributed by atoms with Crippen LogP contribution in [0.3, 0.4) is 0 Å². The number of aliphatic hydroxyl groups excluding tert-OH is 1. The fraction of sp³-hybridized carbons (Fsp3) is 0.0800. The van der Waals surface area contributed by atoms with Crippen LogP contribution in [-0.4, -0.2) is 22.1 Å². The lowest BCUT2D eigenvalue weighted by atomic mass is 9.90. The fourth-order valence-electron chi connectivity index (χ4n) is 3.98. The van der Waals surface area contributed by atoms with Crippen LogP contribution in [0, 0.1) is 11.6 Å². The molecule has 5 N–H and O–H groups in total. The van der Waals surface area contributed by atoms with Gasteiger partial charge in [-0.2, -0.15) is 0 Å². The molecule has 10 heteroatoms. The number of amides is 2. The van der Waals surface area contributed by atoms with Crippen LogP contribution in [0.25, 0.3) is 22.0 Å². The number of carbonyl (C=O) groups excluding carboxylic acids is 2. The van der Waals surface area contributed by atoms with Crippen molar-refractivity contribution in [1.82, 2.24) is 4.98 Å². The summed E-state index contributed by atoms with van der Waals surface area (Å²) in [5.74, 6) is -4.65. The third kappa shape index (κ3) is 4.51. The summed E-state index contributed by atoms with van der Waals surface area (Å²) in [7, 11) is 0. The molecule has 0 spiro atoms. The second-order valence-corrected chi connectivity index (χ2v) is 7.97. The Morgan fingerprint density at radius 2 is 1.66 bits per heavy atom. The molecule has 1 atom stereocenters. The number of carbonyl (C=O) groups is 2. The zero-order chi connectivity index (χ0) is 25.3. The van der Waals surface area contributed by atoms with E-state index in [4.69, 9.17) is 27.8 Å². The van der Waals surface area contributed by atoms with Gasteiger partial charge in [0.15, 0.2) is 0 Å². The van der Waals surface area contributed by atoms with Gasteiger partial charge in [-0.3, -0.25) is 9.78 Å². The van der Waals surface area contributed by atoms with E-state index < -0.39 is 41.7 Å². The van der Waals surface area contributed by atoms with Crippen molar-refractivity contribution in [2.45, 2.75) is 12.5 Å². The van der Waals surface area contributed by atoms with Gasteiger partial charge in [0, 0.05) is 32.5 Å². The number of fused-ring (bicyclic) bond motifs is 1. The highest BCUT2D eigenvalue weighted by Gasteiger charge is 2.30. The number of benzene rings is 3. The SMILES string of the molecule is NC(=O)Oc1cccc2c(-c3cccc(Cl)c3CO)nc(C(C(N)=O)c3c(F)cccc3F)cc12. The minimum atomic E-state index is -1.63. The van der Waals surface area contributed by atoms with E-state index in [1.54, 1.807) is 30.3 Å². The Morgan fingerprint density at radius 1 is 1.00 bits per heavy atom. The zero-order valence-corrected chi connectivity index (χ0v) is 18.7. The van der Waals surface area contributed by atoms with Crippen LogP contribution in [0.4, 0.5) is 13.6 Å². The molecule has 0 fully saturated rings. The minimum absolute atomic E-state index is 0.0182. The third-order valence-corrected chi connectivity index (χ3v) is 5.82. The number of aliphatic hydroxyl groups is 1. The van der Waals surface area contributed by atoms with Crippen LogP contribution in [0.2, 0.25) is 5.02 Å². The maximum atomic E-state index is 14.7. The Kier molecular flexibility index (Phi) is 6.63. The Morgan fingerprint density at radius 3 is 2.29 bits per heavy atom. The summed E-state index contributed by atoms with van der Waals surface area (Å²) < 4.78 is 34.5. The molecule has 2 amide bonds. The van der Waals surface area contributed by atoms with Crippen LogP contribution >= 0.6 is 11.6 Å². The van der Waals surface area contributed by atoms with E-state index >= 15 is 0 Å². The lowest BCUT2D eigenvalue weighted by molar-refractivity contribution is -0.118. The number of primary amides is 2. The fourth-order valence-corrected chi connectivity index (χ4v) is 4.22. The molecule has 4 rings (SSSR count). The van der Waals surface area contributed by atoms with Gasteiger partial charge in [0.2, 0.25) is 5.91 Å². The molecule has 0 bridgehead atoms. The summed E-state index contributed by atoms with van der Waals surface area (Å²) in [4.78, 5) is 28.6. The molecule has 3 aromatic carbocycles. The number of aromatic nitrogens is 1. The van der Waals surface area contributed by atoms with Crippen molar-refractivity contribution < 1.29 is 28.2 Å². The molecule has 0 aliphatic rings. The average molecular weight is 498 g/mol. The lowest BCUT2D eigenvalue weighted by Gasteiger charge is -2.19. The number of pyridine rings is 1. The van der Waals surface area contributed by atoms with Crippen LogP contribution in [0.1, 0.15) is 22.7 Å². The summed E-state index contributed by atoms with van der Waals surface area (Å²) in [6.07, 6.45) is -1.09. The number of rotatable bonds is 6. The molecule has 0 saturated carbocycles. The Balaban J connectivity index is 2.12. The second kappa shape index (κ2) is 9.65. The van der Waals surface area contributed by atoms with Crippen molar-refractivity contribution in [2.24, 2.45) is 11.5 Å². The van der Waals surface area contributed by atoms with Crippen molar-refractivity contribution in [3.8, 4) is 17.0 Å². The van der Waals surface area contributed by atoms with Crippen molar-refractivity contribution in [2.75, 3.05) is 0 Å². The van der Waals surface area contributed by atoms with Gasteiger partial charge in [0.25, 0.3) is 0 Å². The molecule has 1 unspecified atom stereocenters. The van der Waals surface area contributed by atoms with E-state index in [0.717, 1.165) is 18.2 Å². The second-order valence-electron chi connectivity index (χ2n) is 7.56. The molecule has 0 aliphatic heterocycles. The monoisotopic (exact) mass is 497 g/mol.